The van der Waals surface area contributed by atoms with Gasteiger partial charge < -0.3 is 10.2 Å². The van der Waals surface area contributed by atoms with E-state index in [1.165, 1.54) is 24.8 Å². The highest BCUT2D eigenvalue weighted by atomic mass is 16.2. The van der Waals surface area contributed by atoms with E-state index < -0.39 is 0 Å². The van der Waals surface area contributed by atoms with Gasteiger partial charge in [-0.25, -0.2) is 0 Å². The number of likely N-dealkylation sites (tertiary alicyclic amines) is 1. The first kappa shape index (κ1) is 13.3. The molecule has 1 saturated carbocycles. The third-order valence-corrected chi connectivity index (χ3v) is 5.78. The van der Waals surface area contributed by atoms with Crippen molar-refractivity contribution in [3.05, 3.63) is 35.9 Å². The molecule has 1 aromatic carbocycles. The standard InChI is InChI=1S/C18H24N2O/c21-18(17-16-8-4-7-14(16)11-19-17)20-10-9-15(12-20)13-5-2-1-3-6-13/h1-3,5-6,14-17,19H,4,7-12H2. The topological polar surface area (TPSA) is 32.3 Å². The first-order chi connectivity index (χ1) is 10.3. The Morgan fingerprint density at radius 1 is 1.14 bits per heavy atom. The normalized spacial score (nSPS) is 35.1. The van der Waals surface area contributed by atoms with Crippen molar-refractivity contribution in [2.24, 2.45) is 11.8 Å². The van der Waals surface area contributed by atoms with E-state index in [0.29, 0.717) is 17.7 Å². The summed E-state index contributed by atoms with van der Waals surface area (Å²) >= 11 is 0. The Kier molecular flexibility index (Phi) is 3.46. The molecule has 3 heteroatoms. The van der Waals surface area contributed by atoms with Crippen LogP contribution in [0.3, 0.4) is 0 Å². The molecule has 4 unspecified atom stereocenters. The maximum absolute atomic E-state index is 12.8. The molecule has 112 valence electrons. The van der Waals surface area contributed by atoms with E-state index in [1.807, 2.05) is 0 Å². The van der Waals surface area contributed by atoms with Crippen LogP contribution in [-0.4, -0.2) is 36.5 Å². The number of hydrogen-bond donors (Lipinski definition) is 1. The second-order valence-electron chi connectivity index (χ2n) is 6.92. The second-order valence-corrected chi connectivity index (χ2v) is 6.92. The predicted molar refractivity (Wildman–Crippen MR) is 83.0 cm³/mol. The molecule has 21 heavy (non-hydrogen) atoms. The number of carbonyl (C=O) groups is 1. The number of carbonyl (C=O) groups excluding carboxylic acids is 1. The molecule has 3 aliphatic rings. The summed E-state index contributed by atoms with van der Waals surface area (Å²) in [6.07, 6.45) is 4.97. The minimum absolute atomic E-state index is 0.104. The minimum Gasteiger partial charge on any atom is -0.341 e. The van der Waals surface area contributed by atoms with E-state index in [2.05, 4.69) is 40.5 Å². The molecule has 0 bridgehead atoms. The molecule has 1 N–H and O–H groups in total. The molecular weight excluding hydrogens is 260 g/mol. The average Bonchev–Trinajstić information content (AvgIpc) is 3.23. The van der Waals surface area contributed by atoms with Gasteiger partial charge in [0.2, 0.25) is 5.91 Å². The predicted octanol–water partition coefficient (Wildman–Crippen LogP) is 2.39. The van der Waals surface area contributed by atoms with Crippen LogP contribution < -0.4 is 5.32 Å². The Bertz CT molecular complexity index is 515. The van der Waals surface area contributed by atoms with Crippen LogP contribution in [0, 0.1) is 11.8 Å². The summed E-state index contributed by atoms with van der Waals surface area (Å²) in [6.45, 7) is 2.88. The lowest BCUT2D eigenvalue weighted by molar-refractivity contribution is -0.133. The van der Waals surface area contributed by atoms with Crippen LogP contribution in [0.4, 0.5) is 0 Å². The van der Waals surface area contributed by atoms with Crippen molar-refractivity contribution in [2.75, 3.05) is 19.6 Å². The maximum atomic E-state index is 12.8. The van der Waals surface area contributed by atoms with E-state index >= 15 is 0 Å². The van der Waals surface area contributed by atoms with E-state index in [4.69, 9.17) is 0 Å². The van der Waals surface area contributed by atoms with Gasteiger partial charge in [-0.2, -0.15) is 0 Å². The molecule has 1 aromatic rings. The van der Waals surface area contributed by atoms with Crippen molar-refractivity contribution in [2.45, 2.75) is 37.6 Å². The van der Waals surface area contributed by atoms with Gasteiger partial charge in [0.1, 0.15) is 0 Å². The van der Waals surface area contributed by atoms with Crippen LogP contribution in [-0.2, 0) is 4.79 Å². The highest BCUT2D eigenvalue weighted by Crippen LogP contribution is 2.39. The zero-order chi connectivity index (χ0) is 14.2. The summed E-state index contributed by atoms with van der Waals surface area (Å²) in [6, 6.07) is 10.7. The summed E-state index contributed by atoms with van der Waals surface area (Å²) in [5.74, 6) is 2.25. The third-order valence-electron chi connectivity index (χ3n) is 5.78. The number of nitrogens with one attached hydrogen (secondary N) is 1. The first-order valence-electron chi connectivity index (χ1n) is 8.40. The Morgan fingerprint density at radius 2 is 2.00 bits per heavy atom. The molecule has 4 rings (SSSR count). The summed E-state index contributed by atoms with van der Waals surface area (Å²) in [5, 5.41) is 3.50. The lowest BCUT2D eigenvalue weighted by atomic mass is 9.93. The van der Waals surface area contributed by atoms with Crippen LogP contribution >= 0.6 is 0 Å². The average molecular weight is 284 g/mol. The number of fused-ring (bicyclic) bond motifs is 1. The second kappa shape index (κ2) is 5.45. The van der Waals surface area contributed by atoms with E-state index in [1.54, 1.807) is 0 Å². The van der Waals surface area contributed by atoms with Crippen LogP contribution in [0.25, 0.3) is 0 Å². The largest absolute Gasteiger partial charge is 0.341 e. The van der Waals surface area contributed by atoms with Crippen molar-refractivity contribution in [1.82, 2.24) is 10.2 Å². The van der Waals surface area contributed by atoms with Crippen molar-refractivity contribution in [1.29, 1.82) is 0 Å². The molecule has 2 saturated heterocycles. The molecule has 4 atom stereocenters. The smallest absolute Gasteiger partial charge is 0.240 e. The van der Waals surface area contributed by atoms with E-state index in [-0.39, 0.29) is 6.04 Å². The Morgan fingerprint density at radius 3 is 2.86 bits per heavy atom. The zero-order valence-electron chi connectivity index (χ0n) is 12.5. The molecule has 1 aliphatic carbocycles. The molecule has 0 radical (unpaired) electrons. The van der Waals surface area contributed by atoms with Gasteiger partial charge >= 0.3 is 0 Å². The summed E-state index contributed by atoms with van der Waals surface area (Å²) in [5.41, 5.74) is 1.38. The van der Waals surface area contributed by atoms with Gasteiger partial charge in [-0.15, -0.1) is 0 Å². The zero-order valence-corrected chi connectivity index (χ0v) is 12.5. The Hall–Kier alpha value is -1.35. The summed E-state index contributed by atoms with van der Waals surface area (Å²) in [4.78, 5) is 14.9. The van der Waals surface area contributed by atoms with Gasteiger partial charge in [-0.05, 0) is 43.2 Å². The minimum atomic E-state index is 0.104. The lowest BCUT2D eigenvalue weighted by Crippen LogP contribution is -2.45. The fourth-order valence-electron chi connectivity index (χ4n) is 4.61. The molecule has 0 aromatic heterocycles. The highest BCUT2D eigenvalue weighted by molar-refractivity contribution is 5.83. The third kappa shape index (κ3) is 2.38. The molecule has 3 nitrogen and oxygen atoms in total. The Balaban J connectivity index is 1.42. The van der Waals surface area contributed by atoms with Gasteiger partial charge in [0, 0.05) is 19.0 Å². The van der Waals surface area contributed by atoms with Crippen molar-refractivity contribution >= 4 is 5.91 Å². The van der Waals surface area contributed by atoms with Gasteiger partial charge in [0.05, 0.1) is 6.04 Å². The van der Waals surface area contributed by atoms with Gasteiger partial charge in [0.15, 0.2) is 0 Å². The van der Waals surface area contributed by atoms with Crippen LogP contribution in [0.1, 0.15) is 37.2 Å². The molecule has 2 aliphatic heterocycles. The van der Waals surface area contributed by atoms with Gasteiger partial charge in [-0.1, -0.05) is 36.8 Å². The Labute approximate surface area is 126 Å². The van der Waals surface area contributed by atoms with Crippen molar-refractivity contribution in [3.8, 4) is 0 Å². The number of nitrogens with zero attached hydrogens (tertiary/aromatic N) is 1. The van der Waals surface area contributed by atoms with Crippen LogP contribution in [0.2, 0.25) is 0 Å². The first-order valence-corrected chi connectivity index (χ1v) is 8.40. The summed E-state index contributed by atoms with van der Waals surface area (Å²) < 4.78 is 0. The van der Waals surface area contributed by atoms with Crippen molar-refractivity contribution in [3.63, 3.8) is 0 Å². The fraction of sp³-hybridized carbons (Fsp3) is 0.611. The fourth-order valence-corrected chi connectivity index (χ4v) is 4.61. The molecule has 3 fully saturated rings. The quantitative estimate of drug-likeness (QED) is 0.904. The van der Waals surface area contributed by atoms with Crippen LogP contribution in [0.15, 0.2) is 30.3 Å². The number of rotatable bonds is 2. The van der Waals surface area contributed by atoms with E-state index in [9.17, 15) is 4.79 Å². The number of benzene rings is 1. The number of amides is 1. The monoisotopic (exact) mass is 284 g/mol. The van der Waals surface area contributed by atoms with Gasteiger partial charge in [0.25, 0.3) is 0 Å². The molecule has 1 amide bonds. The van der Waals surface area contributed by atoms with E-state index in [0.717, 1.165) is 32.0 Å². The highest BCUT2D eigenvalue weighted by Gasteiger charge is 2.44. The molecule has 0 spiro atoms. The molecule has 2 heterocycles. The number of hydrogen-bond acceptors (Lipinski definition) is 2. The van der Waals surface area contributed by atoms with Crippen molar-refractivity contribution < 1.29 is 4.79 Å². The maximum Gasteiger partial charge on any atom is 0.240 e. The van der Waals surface area contributed by atoms with Gasteiger partial charge in [-0.3, -0.25) is 4.79 Å². The van der Waals surface area contributed by atoms with Crippen LogP contribution in [0.5, 0.6) is 0 Å². The SMILES string of the molecule is O=C(C1NCC2CCCC21)N1CCC(c2ccccc2)C1. The summed E-state index contributed by atoms with van der Waals surface area (Å²) in [7, 11) is 0. The molecular formula is C18H24N2O. The lowest BCUT2D eigenvalue weighted by Gasteiger charge is -2.24.